The molecule has 0 saturated carbocycles. The Bertz CT molecular complexity index is 76.4. The largest absolute Gasteiger partial charge is 0.464 e. The summed E-state index contributed by atoms with van der Waals surface area (Å²) in [6.07, 6.45) is 0. The second kappa shape index (κ2) is 5.44. The fraction of sp³-hybridized carbons (Fsp3) is 0.750. The van der Waals surface area contributed by atoms with Gasteiger partial charge >= 0.3 is 5.97 Å². The van der Waals surface area contributed by atoms with Crippen molar-refractivity contribution in [1.82, 2.24) is 0 Å². The summed E-state index contributed by atoms with van der Waals surface area (Å²) in [6.45, 7) is 0.430. The first-order valence-electron chi connectivity index (χ1n) is 2.13. The molecule has 2 nitrogen and oxygen atoms in total. The van der Waals surface area contributed by atoms with Crippen LogP contribution < -0.4 is 0 Å². The number of esters is 1. The van der Waals surface area contributed by atoms with Gasteiger partial charge in [-0.25, -0.2) is 0 Å². The molecule has 0 bridgehead atoms. The molecule has 0 radical (unpaired) electrons. The maximum atomic E-state index is 10.3. The number of hydrogen-bond donors (Lipinski definition) is 1. The Morgan fingerprint density at radius 2 is 2.38 bits per heavy atom. The minimum absolute atomic E-state index is 0.160. The molecule has 48 valence electrons. The lowest BCUT2D eigenvalue weighted by atomic mass is 10.8. The highest BCUT2D eigenvalue weighted by Gasteiger charge is 1.94. The van der Waals surface area contributed by atoms with Gasteiger partial charge in [0.25, 0.3) is 0 Å². The summed E-state index contributed by atoms with van der Waals surface area (Å²) in [4.78, 5) is 10.3. The lowest BCUT2D eigenvalue weighted by molar-refractivity contribution is -0.139. The highest BCUT2D eigenvalue weighted by Crippen LogP contribution is 1.84. The number of rotatable bonds is 3. The van der Waals surface area contributed by atoms with Gasteiger partial charge in [0.1, 0.15) is 6.61 Å². The van der Waals surface area contributed by atoms with E-state index in [1.807, 2.05) is 0 Å². The molecule has 0 heterocycles. The molecule has 0 saturated heterocycles. The van der Waals surface area contributed by atoms with Crippen molar-refractivity contribution in [2.45, 2.75) is 0 Å². The summed E-state index contributed by atoms with van der Waals surface area (Å²) in [7, 11) is 0. The van der Waals surface area contributed by atoms with E-state index in [1.165, 1.54) is 0 Å². The molecule has 0 aromatic heterocycles. The van der Waals surface area contributed by atoms with Gasteiger partial charge in [-0.3, -0.25) is 4.79 Å². The van der Waals surface area contributed by atoms with Crippen LogP contribution in [-0.4, -0.2) is 23.7 Å². The molecule has 0 aliphatic heterocycles. The average Bonchev–Trinajstić information content (AvgIpc) is 1.83. The van der Waals surface area contributed by atoms with Gasteiger partial charge in [0.15, 0.2) is 0 Å². The molecule has 0 aliphatic rings. The fourth-order valence-electron chi connectivity index (χ4n) is 0.198. The SMILES string of the molecule is O=C(CS)OCCBr. The van der Waals surface area contributed by atoms with E-state index in [9.17, 15) is 4.79 Å². The standard InChI is InChI=1S/C4H7BrO2S/c5-1-2-7-4(6)3-8/h8H,1-3H2. The molecule has 0 aromatic carbocycles. The smallest absolute Gasteiger partial charge is 0.315 e. The van der Waals surface area contributed by atoms with E-state index in [2.05, 4.69) is 33.3 Å². The molecule has 0 unspecified atom stereocenters. The minimum Gasteiger partial charge on any atom is -0.464 e. The molecular weight excluding hydrogens is 192 g/mol. The summed E-state index contributed by atoms with van der Waals surface area (Å²) in [5.41, 5.74) is 0. The number of ether oxygens (including phenoxy) is 1. The Balaban J connectivity index is 2.99. The number of halogens is 1. The van der Waals surface area contributed by atoms with Crippen LogP contribution in [0.5, 0.6) is 0 Å². The Kier molecular flexibility index (Phi) is 5.64. The molecule has 0 N–H and O–H groups in total. The third kappa shape index (κ3) is 4.46. The molecule has 4 heteroatoms. The summed E-state index contributed by atoms with van der Waals surface area (Å²) < 4.78 is 4.58. The van der Waals surface area contributed by atoms with Gasteiger partial charge in [-0.1, -0.05) is 15.9 Å². The van der Waals surface area contributed by atoms with Crippen LogP contribution in [0.1, 0.15) is 0 Å². The first-order valence-corrected chi connectivity index (χ1v) is 3.89. The van der Waals surface area contributed by atoms with Crippen molar-refractivity contribution in [3.8, 4) is 0 Å². The third-order valence-electron chi connectivity index (χ3n) is 0.469. The van der Waals surface area contributed by atoms with Crippen molar-refractivity contribution in [2.24, 2.45) is 0 Å². The van der Waals surface area contributed by atoms with Crippen LogP contribution in [0.4, 0.5) is 0 Å². The number of carbonyl (C=O) groups excluding carboxylic acids is 1. The van der Waals surface area contributed by atoms with Gasteiger partial charge in [0.05, 0.1) is 5.75 Å². The third-order valence-corrected chi connectivity index (χ3v) is 1.05. The van der Waals surface area contributed by atoms with E-state index >= 15 is 0 Å². The molecule has 0 fully saturated rings. The molecule has 0 amide bonds. The quantitative estimate of drug-likeness (QED) is 0.414. The van der Waals surface area contributed by atoms with Crippen molar-refractivity contribution in [2.75, 3.05) is 17.7 Å². The van der Waals surface area contributed by atoms with Crippen LogP contribution in [0.3, 0.4) is 0 Å². The predicted octanol–water partition coefficient (Wildman–Crippen LogP) is 0.854. The van der Waals surface area contributed by atoms with Crippen LogP contribution in [0.15, 0.2) is 0 Å². The van der Waals surface area contributed by atoms with Crippen molar-refractivity contribution in [1.29, 1.82) is 0 Å². The second-order valence-electron chi connectivity index (χ2n) is 1.07. The van der Waals surface area contributed by atoms with Gasteiger partial charge in [-0.15, -0.1) is 0 Å². The summed E-state index contributed by atoms with van der Waals surface area (Å²) in [5, 5.41) is 0.687. The maximum absolute atomic E-state index is 10.3. The molecule has 0 atom stereocenters. The topological polar surface area (TPSA) is 26.3 Å². The van der Waals surface area contributed by atoms with E-state index < -0.39 is 0 Å². The van der Waals surface area contributed by atoms with Crippen LogP contribution >= 0.6 is 28.6 Å². The van der Waals surface area contributed by atoms with Crippen molar-refractivity contribution in [3.05, 3.63) is 0 Å². The van der Waals surface area contributed by atoms with Gasteiger partial charge < -0.3 is 4.74 Å². The summed E-state index contributed by atoms with van der Waals surface area (Å²) in [6, 6.07) is 0. The van der Waals surface area contributed by atoms with Gasteiger partial charge in [-0.2, -0.15) is 12.6 Å². The lowest BCUT2D eigenvalue weighted by Crippen LogP contribution is -2.06. The van der Waals surface area contributed by atoms with Crippen LogP contribution in [0.2, 0.25) is 0 Å². The van der Waals surface area contributed by atoms with Crippen molar-refractivity contribution >= 4 is 34.5 Å². The number of carbonyl (C=O) groups is 1. The molecule has 0 aliphatic carbocycles. The zero-order valence-electron chi connectivity index (χ0n) is 4.26. The molecule has 8 heavy (non-hydrogen) atoms. The van der Waals surface area contributed by atoms with E-state index in [4.69, 9.17) is 0 Å². The lowest BCUT2D eigenvalue weighted by Gasteiger charge is -1.96. The molecule has 0 spiro atoms. The summed E-state index contributed by atoms with van der Waals surface area (Å²) >= 11 is 6.80. The molecule has 0 aromatic rings. The van der Waals surface area contributed by atoms with Crippen LogP contribution in [0.25, 0.3) is 0 Å². The van der Waals surface area contributed by atoms with E-state index in [0.29, 0.717) is 11.9 Å². The summed E-state index contributed by atoms with van der Waals surface area (Å²) in [5.74, 6) is -0.111. The monoisotopic (exact) mass is 198 g/mol. The number of hydrogen-bond acceptors (Lipinski definition) is 3. The van der Waals surface area contributed by atoms with Crippen molar-refractivity contribution < 1.29 is 9.53 Å². The number of thiol groups is 1. The maximum Gasteiger partial charge on any atom is 0.315 e. The van der Waals surface area contributed by atoms with Gasteiger partial charge in [0, 0.05) is 5.33 Å². The zero-order chi connectivity index (χ0) is 6.41. The van der Waals surface area contributed by atoms with E-state index in [1.54, 1.807) is 0 Å². The molecular formula is C4H7BrO2S. The first kappa shape index (κ1) is 8.30. The second-order valence-corrected chi connectivity index (χ2v) is 2.18. The number of alkyl halides is 1. The predicted molar refractivity (Wildman–Crippen MR) is 38.6 cm³/mol. The van der Waals surface area contributed by atoms with Gasteiger partial charge in [-0.05, 0) is 0 Å². The van der Waals surface area contributed by atoms with Crippen molar-refractivity contribution in [3.63, 3.8) is 0 Å². The average molecular weight is 199 g/mol. The normalized spacial score (nSPS) is 8.75. The Morgan fingerprint density at radius 1 is 1.75 bits per heavy atom. The molecule has 0 rings (SSSR count). The Labute approximate surface area is 62.1 Å². The van der Waals surface area contributed by atoms with Crippen LogP contribution in [-0.2, 0) is 9.53 Å². The highest BCUT2D eigenvalue weighted by atomic mass is 79.9. The Hall–Kier alpha value is 0.300. The Morgan fingerprint density at radius 3 is 2.75 bits per heavy atom. The van der Waals surface area contributed by atoms with Crippen LogP contribution in [0, 0.1) is 0 Å². The van der Waals surface area contributed by atoms with Gasteiger partial charge in [0.2, 0.25) is 0 Å². The fourth-order valence-corrected chi connectivity index (χ4v) is 0.451. The first-order chi connectivity index (χ1) is 3.81. The highest BCUT2D eigenvalue weighted by molar-refractivity contribution is 9.09. The minimum atomic E-state index is -0.271. The van der Waals surface area contributed by atoms with E-state index in [0.717, 1.165) is 0 Å². The zero-order valence-corrected chi connectivity index (χ0v) is 6.74. The van der Waals surface area contributed by atoms with E-state index in [-0.39, 0.29) is 11.7 Å².